The van der Waals surface area contributed by atoms with Gasteiger partial charge in [-0.2, -0.15) is 0 Å². The quantitative estimate of drug-likeness (QED) is 0.447. The van der Waals surface area contributed by atoms with Crippen LogP contribution in [0.5, 0.6) is 0 Å². The molecular formula is C9H17ClO. The highest BCUT2D eigenvalue weighted by atomic mass is 35.5. The molecule has 1 atom stereocenters. The van der Waals surface area contributed by atoms with Gasteiger partial charge in [-0.15, -0.1) is 11.6 Å². The Morgan fingerprint density at radius 3 is 2.82 bits per heavy atom. The third kappa shape index (κ3) is 3.97. The summed E-state index contributed by atoms with van der Waals surface area (Å²) in [7, 11) is 0. The number of alkyl halides is 1. The minimum atomic E-state index is 0.284. The molecule has 66 valence electrons. The second kappa shape index (κ2) is 5.00. The third-order valence-corrected chi connectivity index (χ3v) is 2.54. The molecule has 1 aliphatic rings. The second-order valence-electron chi connectivity index (χ2n) is 3.28. The van der Waals surface area contributed by atoms with E-state index >= 15 is 0 Å². The normalized spacial score (nSPS) is 20.2. The minimum absolute atomic E-state index is 0.284. The lowest BCUT2D eigenvalue weighted by Crippen LogP contribution is -2.11. The van der Waals surface area contributed by atoms with Crippen molar-refractivity contribution in [1.29, 1.82) is 0 Å². The Kier molecular flexibility index (Phi) is 4.24. The molecule has 1 aliphatic carbocycles. The maximum absolute atomic E-state index is 6.03. The Balaban J connectivity index is 1.85. The van der Waals surface area contributed by atoms with E-state index in [1.807, 2.05) is 0 Å². The lowest BCUT2D eigenvalue weighted by Gasteiger charge is -2.07. The first kappa shape index (κ1) is 9.34. The van der Waals surface area contributed by atoms with Crippen molar-refractivity contribution < 1.29 is 4.74 Å². The van der Waals surface area contributed by atoms with Crippen LogP contribution in [0.4, 0.5) is 0 Å². The maximum Gasteiger partial charge on any atom is 0.0632 e. The Morgan fingerprint density at radius 2 is 2.27 bits per heavy atom. The van der Waals surface area contributed by atoms with Gasteiger partial charge in [0.1, 0.15) is 0 Å². The summed E-state index contributed by atoms with van der Waals surface area (Å²) < 4.78 is 5.41. The van der Waals surface area contributed by atoms with Gasteiger partial charge in [-0.05, 0) is 25.2 Å². The van der Waals surface area contributed by atoms with E-state index in [1.165, 1.54) is 19.3 Å². The van der Waals surface area contributed by atoms with Crippen LogP contribution in [0, 0.1) is 5.92 Å². The molecule has 1 rings (SSSR count). The number of ether oxygens (including phenoxy) is 1. The predicted octanol–water partition coefficient (Wildman–Crippen LogP) is 2.82. The summed E-state index contributed by atoms with van der Waals surface area (Å²) in [5.41, 5.74) is 0. The van der Waals surface area contributed by atoms with Crippen molar-refractivity contribution >= 4 is 11.6 Å². The first-order chi connectivity index (χ1) is 5.34. The van der Waals surface area contributed by atoms with E-state index in [1.54, 1.807) is 0 Å². The Labute approximate surface area is 74.1 Å². The van der Waals surface area contributed by atoms with Crippen LogP contribution in [-0.2, 0) is 4.74 Å². The average molecular weight is 177 g/mol. The highest BCUT2D eigenvalue weighted by Gasteiger charge is 2.29. The summed E-state index contributed by atoms with van der Waals surface area (Å²) in [4.78, 5) is 0. The van der Waals surface area contributed by atoms with E-state index in [9.17, 15) is 0 Å². The van der Waals surface area contributed by atoms with Crippen molar-refractivity contribution in [1.82, 2.24) is 0 Å². The molecule has 0 saturated heterocycles. The van der Waals surface area contributed by atoms with Gasteiger partial charge < -0.3 is 4.74 Å². The smallest absolute Gasteiger partial charge is 0.0632 e. The SMILES string of the molecule is CCCCOCC(Cl)C1CC1. The van der Waals surface area contributed by atoms with Crippen LogP contribution in [0.25, 0.3) is 0 Å². The second-order valence-corrected chi connectivity index (χ2v) is 3.84. The molecule has 0 aromatic carbocycles. The zero-order chi connectivity index (χ0) is 8.10. The third-order valence-electron chi connectivity index (χ3n) is 2.05. The molecule has 11 heavy (non-hydrogen) atoms. The summed E-state index contributed by atoms with van der Waals surface area (Å²) in [5.74, 6) is 0.762. The van der Waals surface area contributed by atoms with Gasteiger partial charge in [0.25, 0.3) is 0 Å². The summed E-state index contributed by atoms with van der Waals surface area (Å²) >= 11 is 6.03. The van der Waals surface area contributed by atoms with Gasteiger partial charge in [0.15, 0.2) is 0 Å². The van der Waals surface area contributed by atoms with Crippen molar-refractivity contribution in [2.75, 3.05) is 13.2 Å². The Morgan fingerprint density at radius 1 is 1.55 bits per heavy atom. The van der Waals surface area contributed by atoms with Gasteiger partial charge in [-0.3, -0.25) is 0 Å². The number of hydrogen-bond donors (Lipinski definition) is 0. The molecule has 0 N–H and O–H groups in total. The average Bonchev–Trinajstić information content (AvgIpc) is 2.79. The van der Waals surface area contributed by atoms with Crippen molar-refractivity contribution in [2.45, 2.75) is 38.0 Å². The van der Waals surface area contributed by atoms with E-state index in [2.05, 4.69) is 6.92 Å². The molecule has 0 radical (unpaired) electrons. The van der Waals surface area contributed by atoms with Gasteiger partial charge >= 0.3 is 0 Å². The molecular weight excluding hydrogens is 160 g/mol. The molecule has 1 nitrogen and oxygen atoms in total. The van der Waals surface area contributed by atoms with Gasteiger partial charge in [-0.1, -0.05) is 13.3 Å². The maximum atomic E-state index is 6.03. The monoisotopic (exact) mass is 176 g/mol. The fourth-order valence-corrected chi connectivity index (χ4v) is 1.38. The largest absolute Gasteiger partial charge is 0.380 e. The van der Waals surface area contributed by atoms with Crippen LogP contribution in [-0.4, -0.2) is 18.6 Å². The van der Waals surface area contributed by atoms with Crippen LogP contribution in [0.15, 0.2) is 0 Å². The Hall–Kier alpha value is 0.250. The molecule has 0 bridgehead atoms. The van der Waals surface area contributed by atoms with E-state index in [4.69, 9.17) is 16.3 Å². The van der Waals surface area contributed by atoms with Gasteiger partial charge in [0.05, 0.1) is 12.0 Å². The molecule has 0 aliphatic heterocycles. The van der Waals surface area contributed by atoms with Gasteiger partial charge in [0, 0.05) is 6.61 Å². The zero-order valence-corrected chi connectivity index (χ0v) is 7.94. The fourth-order valence-electron chi connectivity index (χ4n) is 1.04. The Bertz CT molecular complexity index is 102. The van der Waals surface area contributed by atoms with Crippen LogP contribution in [0.3, 0.4) is 0 Å². The van der Waals surface area contributed by atoms with Crippen LogP contribution >= 0.6 is 11.6 Å². The molecule has 1 fully saturated rings. The van der Waals surface area contributed by atoms with E-state index in [-0.39, 0.29) is 5.38 Å². The van der Waals surface area contributed by atoms with E-state index in [0.717, 1.165) is 25.6 Å². The predicted molar refractivity (Wildman–Crippen MR) is 48.1 cm³/mol. The van der Waals surface area contributed by atoms with Gasteiger partial charge in [-0.25, -0.2) is 0 Å². The number of unbranched alkanes of at least 4 members (excludes halogenated alkanes) is 1. The molecule has 0 aromatic heterocycles. The molecule has 0 amide bonds. The van der Waals surface area contributed by atoms with E-state index in [0.29, 0.717) is 0 Å². The van der Waals surface area contributed by atoms with Crippen LogP contribution in [0.2, 0.25) is 0 Å². The summed E-state index contributed by atoms with van der Waals surface area (Å²) in [6, 6.07) is 0. The zero-order valence-electron chi connectivity index (χ0n) is 7.18. The molecule has 2 heteroatoms. The summed E-state index contributed by atoms with van der Waals surface area (Å²) in [6.45, 7) is 3.81. The molecule has 1 unspecified atom stereocenters. The van der Waals surface area contributed by atoms with Gasteiger partial charge in [0.2, 0.25) is 0 Å². The van der Waals surface area contributed by atoms with Crippen molar-refractivity contribution in [2.24, 2.45) is 5.92 Å². The topological polar surface area (TPSA) is 9.23 Å². The minimum Gasteiger partial charge on any atom is -0.380 e. The first-order valence-electron chi connectivity index (χ1n) is 4.56. The highest BCUT2D eigenvalue weighted by molar-refractivity contribution is 6.21. The number of rotatable bonds is 6. The van der Waals surface area contributed by atoms with Crippen LogP contribution in [0.1, 0.15) is 32.6 Å². The lowest BCUT2D eigenvalue weighted by molar-refractivity contribution is 0.127. The van der Waals surface area contributed by atoms with Crippen molar-refractivity contribution in [3.05, 3.63) is 0 Å². The molecule has 1 saturated carbocycles. The highest BCUT2D eigenvalue weighted by Crippen LogP contribution is 2.35. The van der Waals surface area contributed by atoms with Crippen LogP contribution < -0.4 is 0 Å². The van der Waals surface area contributed by atoms with Crippen molar-refractivity contribution in [3.8, 4) is 0 Å². The summed E-state index contributed by atoms with van der Waals surface area (Å²) in [5, 5.41) is 0.284. The molecule has 0 aromatic rings. The molecule has 0 spiro atoms. The number of hydrogen-bond acceptors (Lipinski definition) is 1. The summed E-state index contributed by atoms with van der Waals surface area (Å²) in [6.07, 6.45) is 4.99. The molecule has 0 heterocycles. The number of halogens is 1. The standard InChI is InChI=1S/C9H17ClO/c1-2-3-6-11-7-9(10)8-4-5-8/h8-9H,2-7H2,1H3. The van der Waals surface area contributed by atoms with E-state index < -0.39 is 0 Å². The lowest BCUT2D eigenvalue weighted by atomic mass is 10.3. The fraction of sp³-hybridized carbons (Fsp3) is 1.00. The van der Waals surface area contributed by atoms with Crippen molar-refractivity contribution in [3.63, 3.8) is 0 Å². The first-order valence-corrected chi connectivity index (χ1v) is 5.00.